The molecule has 5 nitrogen and oxygen atoms in total. The van der Waals surface area contributed by atoms with Crippen LogP contribution in [0, 0.1) is 5.82 Å². The lowest BCUT2D eigenvalue weighted by Crippen LogP contribution is -2.34. The van der Waals surface area contributed by atoms with Gasteiger partial charge in [0.1, 0.15) is 5.82 Å². The average Bonchev–Trinajstić information content (AvgIpc) is 3.25. The fourth-order valence-corrected chi connectivity index (χ4v) is 4.41. The van der Waals surface area contributed by atoms with Gasteiger partial charge in [-0.1, -0.05) is 72.4 Å². The molecule has 1 atom stereocenters. The van der Waals surface area contributed by atoms with Crippen LogP contribution in [-0.2, 0) is 17.8 Å². The number of rotatable bonds is 10. The van der Waals surface area contributed by atoms with Crippen molar-refractivity contribution < 1.29 is 9.18 Å². The monoisotopic (exact) mass is 474 g/mol. The summed E-state index contributed by atoms with van der Waals surface area (Å²) < 4.78 is 15.4. The maximum absolute atomic E-state index is 13.4. The zero-order valence-corrected chi connectivity index (χ0v) is 19.8. The molecule has 1 N–H and O–H groups in total. The Morgan fingerprint density at radius 3 is 2.26 bits per heavy atom. The van der Waals surface area contributed by atoms with Gasteiger partial charge in [-0.2, -0.15) is 0 Å². The van der Waals surface area contributed by atoms with Crippen molar-refractivity contribution in [2.45, 2.75) is 37.5 Å². The normalized spacial score (nSPS) is 11.8. The van der Waals surface area contributed by atoms with Crippen molar-refractivity contribution in [1.29, 1.82) is 0 Å². The summed E-state index contributed by atoms with van der Waals surface area (Å²) in [6.45, 7) is 2.58. The van der Waals surface area contributed by atoms with E-state index in [9.17, 15) is 9.18 Å². The van der Waals surface area contributed by atoms with E-state index >= 15 is 0 Å². The maximum Gasteiger partial charge on any atom is 0.230 e. The number of carbonyl (C=O) groups excluding carboxylic acids is 1. The van der Waals surface area contributed by atoms with E-state index in [0.29, 0.717) is 17.5 Å². The third kappa shape index (κ3) is 6.54. The fraction of sp³-hybridized carbons (Fsp3) is 0.222. The lowest BCUT2D eigenvalue weighted by atomic mass is 10.1. The molecule has 4 aromatic rings. The molecule has 3 aromatic carbocycles. The Balaban J connectivity index is 1.41. The number of benzene rings is 3. The Bertz CT molecular complexity index is 1200. The molecular formula is C27H27FN4OS. The molecule has 0 bridgehead atoms. The maximum atomic E-state index is 13.4. The third-order valence-electron chi connectivity index (χ3n) is 5.45. The second-order valence-electron chi connectivity index (χ2n) is 8.17. The zero-order valence-electron chi connectivity index (χ0n) is 19.0. The highest BCUT2D eigenvalue weighted by atomic mass is 32.2. The molecule has 0 aliphatic rings. The van der Waals surface area contributed by atoms with E-state index in [-0.39, 0.29) is 23.5 Å². The summed E-state index contributed by atoms with van der Waals surface area (Å²) in [4.78, 5) is 12.6. The standard InChI is InChI=1S/C27H27FN4OS/c1-20(12-13-21-8-4-2-5-9-21)29-25(33)19-34-27-31-30-26(23-14-16-24(28)17-15-23)32(27)18-22-10-6-3-7-11-22/h2-11,14-17,20H,12-13,18-19H2,1H3,(H,29,33)/t20-/m0/s1. The van der Waals surface area contributed by atoms with E-state index in [1.165, 1.54) is 29.5 Å². The minimum absolute atomic E-state index is 0.0387. The van der Waals surface area contributed by atoms with Crippen molar-refractivity contribution in [3.8, 4) is 11.4 Å². The SMILES string of the molecule is C[C@@H](CCc1ccccc1)NC(=O)CSc1nnc(-c2ccc(F)cc2)n1Cc1ccccc1. The van der Waals surface area contributed by atoms with Crippen molar-refractivity contribution >= 4 is 17.7 Å². The summed E-state index contributed by atoms with van der Waals surface area (Å²) in [7, 11) is 0. The lowest BCUT2D eigenvalue weighted by molar-refractivity contribution is -0.119. The van der Waals surface area contributed by atoms with E-state index in [2.05, 4.69) is 27.6 Å². The van der Waals surface area contributed by atoms with Gasteiger partial charge in [-0.25, -0.2) is 4.39 Å². The van der Waals surface area contributed by atoms with E-state index in [0.717, 1.165) is 24.0 Å². The quantitative estimate of drug-likeness (QED) is 0.314. The van der Waals surface area contributed by atoms with Crippen LogP contribution in [0.2, 0.25) is 0 Å². The summed E-state index contributed by atoms with van der Waals surface area (Å²) in [6, 6.07) is 26.5. The van der Waals surface area contributed by atoms with Crippen LogP contribution in [0.3, 0.4) is 0 Å². The van der Waals surface area contributed by atoms with Crippen LogP contribution in [0.4, 0.5) is 4.39 Å². The molecule has 0 aliphatic carbocycles. The molecular weight excluding hydrogens is 447 g/mol. The molecule has 4 rings (SSSR count). The molecule has 34 heavy (non-hydrogen) atoms. The van der Waals surface area contributed by atoms with Crippen LogP contribution in [0.5, 0.6) is 0 Å². The highest BCUT2D eigenvalue weighted by molar-refractivity contribution is 7.99. The Morgan fingerprint density at radius 1 is 0.941 bits per heavy atom. The first-order valence-electron chi connectivity index (χ1n) is 11.3. The molecule has 174 valence electrons. The van der Waals surface area contributed by atoms with E-state index in [1.54, 1.807) is 12.1 Å². The van der Waals surface area contributed by atoms with Crippen LogP contribution in [-0.4, -0.2) is 32.5 Å². The van der Waals surface area contributed by atoms with Crippen LogP contribution in [0.1, 0.15) is 24.5 Å². The second kappa shape index (κ2) is 11.6. The number of aromatic nitrogens is 3. The summed E-state index contributed by atoms with van der Waals surface area (Å²) in [5.41, 5.74) is 3.13. The van der Waals surface area contributed by atoms with Crippen LogP contribution in [0.25, 0.3) is 11.4 Å². The first-order chi connectivity index (χ1) is 16.6. The average molecular weight is 475 g/mol. The Labute approximate surface area is 203 Å². The third-order valence-corrected chi connectivity index (χ3v) is 6.42. The molecule has 0 aliphatic heterocycles. The molecule has 0 unspecified atom stereocenters. The van der Waals surface area contributed by atoms with Crippen LogP contribution < -0.4 is 5.32 Å². The largest absolute Gasteiger partial charge is 0.353 e. The molecule has 1 amide bonds. The van der Waals surface area contributed by atoms with Gasteiger partial charge >= 0.3 is 0 Å². The molecule has 0 saturated heterocycles. The number of aryl methyl sites for hydroxylation is 1. The van der Waals surface area contributed by atoms with Gasteiger partial charge in [0, 0.05) is 11.6 Å². The van der Waals surface area contributed by atoms with Crippen molar-refractivity contribution in [3.63, 3.8) is 0 Å². The van der Waals surface area contributed by atoms with E-state index in [4.69, 9.17) is 0 Å². The zero-order chi connectivity index (χ0) is 23.8. The van der Waals surface area contributed by atoms with Crippen LogP contribution in [0.15, 0.2) is 90.1 Å². The molecule has 1 heterocycles. The number of carbonyl (C=O) groups is 1. The summed E-state index contributed by atoms with van der Waals surface area (Å²) >= 11 is 1.35. The summed E-state index contributed by atoms with van der Waals surface area (Å²) in [5, 5.41) is 12.4. The number of hydrogen-bond donors (Lipinski definition) is 1. The molecule has 0 radical (unpaired) electrons. The lowest BCUT2D eigenvalue weighted by Gasteiger charge is -2.14. The Kier molecular flexibility index (Phi) is 8.09. The molecule has 7 heteroatoms. The topological polar surface area (TPSA) is 59.8 Å². The van der Waals surface area contributed by atoms with Crippen LogP contribution >= 0.6 is 11.8 Å². The smallest absolute Gasteiger partial charge is 0.230 e. The number of halogens is 1. The second-order valence-corrected chi connectivity index (χ2v) is 9.11. The van der Waals surface area contributed by atoms with Gasteiger partial charge in [-0.05, 0) is 55.2 Å². The summed E-state index contributed by atoms with van der Waals surface area (Å²) in [6.07, 6.45) is 1.79. The molecule has 0 fully saturated rings. The number of amides is 1. The van der Waals surface area contributed by atoms with Gasteiger partial charge < -0.3 is 5.32 Å². The highest BCUT2D eigenvalue weighted by Crippen LogP contribution is 2.25. The van der Waals surface area contributed by atoms with Crippen molar-refractivity contribution in [3.05, 3.63) is 102 Å². The van der Waals surface area contributed by atoms with Gasteiger partial charge in [0.15, 0.2) is 11.0 Å². The first kappa shape index (κ1) is 23.7. The molecule has 0 spiro atoms. The summed E-state index contributed by atoms with van der Waals surface area (Å²) in [5.74, 6) is 0.545. The highest BCUT2D eigenvalue weighted by Gasteiger charge is 2.17. The van der Waals surface area contributed by atoms with Crippen molar-refractivity contribution in [2.75, 3.05) is 5.75 Å². The van der Waals surface area contributed by atoms with Crippen molar-refractivity contribution in [1.82, 2.24) is 20.1 Å². The predicted octanol–water partition coefficient (Wildman–Crippen LogP) is 5.36. The van der Waals surface area contributed by atoms with Gasteiger partial charge in [0.05, 0.1) is 12.3 Å². The molecule has 0 saturated carbocycles. The number of nitrogens with one attached hydrogen (secondary N) is 1. The van der Waals surface area contributed by atoms with Gasteiger partial charge in [0.2, 0.25) is 5.91 Å². The van der Waals surface area contributed by atoms with Gasteiger partial charge in [0.25, 0.3) is 0 Å². The minimum atomic E-state index is -0.300. The number of thioether (sulfide) groups is 1. The number of hydrogen-bond acceptors (Lipinski definition) is 4. The Hall–Kier alpha value is -3.45. The van der Waals surface area contributed by atoms with E-state index in [1.807, 2.05) is 60.0 Å². The van der Waals surface area contributed by atoms with Gasteiger partial charge in [-0.15, -0.1) is 10.2 Å². The number of nitrogens with zero attached hydrogens (tertiary/aromatic N) is 3. The first-order valence-corrected chi connectivity index (χ1v) is 12.3. The molecule has 1 aromatic heterocycles. The van der Waals surface area contributed by atoms with E-state index < -0.39 is 0 Å². The van der Waals surface area contributed by atoms with Gasteiger partial charge in [-0.3, -0.25) is 9.36 Å². The van der Waals surface area contributed by atoms with Crippen molar-refractivity contribution in [2.24, 2.45) is 0 Å². The minimum Gasteiger partial charge on any atom is -0.353 e. The Morgan fingerprint density at radius 2 is 1.59 bits per heavy atom. The predicted molar refractivity (Wildman–Crippen MR) is 134 cm³/mol. The fourth-order valence-electron chi connectivity index (χ4n) is 3.66.